The van der Waals surface area contributed by atoms with Gasteiger partial charge in [-0.05, 0) is 49.3 Å². The van der Waals surface area contributed by atoms with E-state index < -0.39 is 6.10 Å². The van der Waals surface area contributed by atoms with Crippen molar-refractivity contribution in [3.05, 3.63) is 29.8 Å². The number of rotatable bonds is 4. The first-order valence-electron chi connectivity index (χ1n) is 8.33. The van der Waals surface area contributed by atoms with Crippen LogP contribution in [0.15, 0.2) is 24.3 Å². The molecule has 2 fully saturated rings. The lowest BCUT2D eigenvalue weighted by Gasteiger charge is -2.31. The number of benzene rings is 1. The Morgan fingerprint density at radius 3 is 2.77 bits per heavy atom. The normalized spacial score (nSPS) is 23.7. The monoisotopic (exact) mass is 303 g/mol. The van der Waals surface area contributed by atoms with Gasteiger partial charge in [0.15, 0.2) is 6.10 Å². The van der Waals surface area contributed by atoms with Crippen molar-refractivity contribution in [2.24, 2.45) is 5.92 Å². The molecule has 2 atom stereocenters. The van der Waals surface area contributed by atoms with Gasteiger partial charge >= 0.3 is 0 Å². The third-order valence-electron chi connectivity index (χ3n) is 5.17. The maximum absolute atomic E-state index is 12.7. The molecule has 1 aliphatic carbocycles. The van der Waals surface area contributed by atoms with Gasteiger partial charge in [-0.25, -0.2) is 0 Å². The van der Waals surface area contributed by atoms with Gasteiger partial charge in [0.2, 0.25) is 0 Å². The number of amides is 1. The molecule has 0 spiro atoms. The van der Waals surface area contributed by atoms with Crippen molar-refractivity contribution in [3.8, 4) is 5.75 Å². The zero-order valence-electron chi connectivity index (χ0n) is 13.2. The average Bonchev–Trinajstić information content (AvgIpc) is 3.23. The molecule has 4 nitrogen and oxygen atoms in total. The summed E-state index contributed by atoms with van der Waals surface area (Å²) < 4.78 is 5.18. The van der Waals surface area contributed by atoms with Crippen molar-refractivity contribution in [3.63, 3.8) is 0 Å². The van der Waals surface area contributed by atoms with E-state index in [0.29, 0.717) is 23.3 Å². The van der Waals surface area contributed by atoms with Gasteiger partial charge in [-0.1, -0.05) is 25.0 Å². The average molecular weight is 303 g/mol. The number of hydrogen-bond donors (Lipinski definition) is 1. The van der Waals surface area contributed by atoms with E-state index in [9.17, 15) is 9.90 Å². The van der Waals surface area contributed by atoms with Gasteiger partial charge in [-0.15, -0.1) is 0 Å². The Labute approximate surface area is 132 Å². The number of ether oxygens (including phenoxy) is 1. The summed E-state index contributed by atoms with van der Waals surface area (Å²) in [6.45, 7) is 0.779. The minimum atomic E-state index is -1.09. The SMILES string of the molecule is COc1cccc(C(O)C(=O)N2CCCC2C2CCCC2)c1. The van der Waals surface area contributed by atoms with E-state index in [4.69, 9.17) is 4.74 Å². The van der Waals surface area contributed by atoms with Crippen molar-refractivity contribution in [1.82, 2.24) is 4.90 Å². The lowest BCUT2D eigenvalue weighted by Crippen LogP contribution is -2.42. The molecule has 2 aliphatic rings. The Morgan fingerprint density at radius 2 is 2.05 bits per heavy atom. The zero-order chi connectivity index (χ0) is 15.5. The van der Waals surface area contributed by atoms with Gasteiger partial charge in [-0.2, -0.15) is 0 Å². The summed E-state index contributed by atoms with van der Waals surface area (Å²) in [5, 5.41) is 10.5. The fraction of sp³-hybridized carbons (Fsp3) is 0.611. The van der Waals surface area contributed by atoms with Gasteiger partial charge in [0, 0.05) is 12.6 Å². The smallest absolute Gasteiger partial charge is 0.256 e. The quantitative estimate of drug-likeness (QED) is 0.930. The van der Waals surface area contributed by atoms with E-state index >= 15 is 0 Å². The molecule has 1 saturated carbocycles. The standard InChI is InChI=1S/C18H25NO3/c1-22-15-9-4-8-14(12-15)17(20)18(21)19-11-5-10-16(19)13-6-2-3-7-13/h4,8-9,12-13,16-17,20H,2-3,5-7,10-11H2,1H3. The van der Waals surface area contributed by atoms with E-state index in [0.717, 1.165) is 19.4 Å². The van der Waals surface area contributed by atoms with Crippen LogP contribution in [0.5, 0.6) is 5.75 Å². The van der Waals surface area contributed by atoms with Crippen LogP contribution in [-0.4, -0.2) is 35.6 Å². The highest BCUT2D eigenvalue weighted by Gasteiger charge is 2.38. The third kappa shape index (κ3) is 2.98. The van der Waals surface area contributed by atoms with E-state index in [2.05, 4.69) is 0 Å². The molecule has 1 aromatic rings. The van der Waals surface area contributed by atoms with Crippen molar-refractivity contribution < 1.29 is 14.6 Å². The molecule has 1 aromatic carbocycles. The minimum Gasteiger partial charge on any atom is -0.497 e. The summed E-state index contributed by atoms with van der Waals surface area (Å²) in [4.78, 5) is 14.7. The zero-order valence-corrected chi connectivity index (χ0v) is 13.2. The van der Waals surface area contributed by atoms with Crippen molar-refractivity contribution >= 4 is 5.91 Å². The second kappa shape index (κ2) is 6.69. The predicted molar refractivity (Wildman–Crippen MR) is 84.6 cm³/mol. The Balaban J connectivity index is 1.73. The van der Waals surface area contributed by atoms with E-state index in [1.54, 1.807) is 19.2 Å². The Hall–Kier alpha value is -1.55. The fourth-order valence-electron chi connectivity index (χ4n) is 4.01. The number of aliphatic hydroxyl groups is 1. The van der Waals surface area contributed by atoms with Crippen molar-refractivity contribution in [1.29, 1.82) is 0 Å². The van der Waals surface area contributed by atoms with Crippen LogP contribution in [0, 0.1) is 5.92 Å². The fourth-order valence-corrected chi connectivity index (χ4v) is 4.01. The maximum Gasteiger partial charge on any atom is 0.256 e. The van der Waals surface area contributed by atoms with Crippen molar-refractivity contribution in [2.45, 2.75) is 50.7 Å². The Morgan fingerprint density at radius 1 is 1.27 bits per heavy atom. The summed E-state index contributed by atoms with van der Waals surface area (Å²) in [5.41, 5.74) is 0.612. The Bertz CT molecular complexity index is 525. The van der Waals surface area contributed by atoms with Gasteiger partial charge in [0.1, 0.15) is 5.75 Å². The molecule has 1 N–H and O–H groups in total. The summed E-state index contributed by atoms with van der Waals surface area (Å²) in [5.74, 6) is 1.14. The van der Waals surface area contributed by atoms with Crippen LogP contribution in [0.1, 0.15) is 50.2 Å². The number of likely N-dealkylation sites (tertiary alicyclic amines) is 1. The Kier molecular flexibility index (Phi) is 4.67. The molecular formula is C18H25NO3. The number of nitrogens with zero attached hydrogens (tertiary/aromatic N) is 1. The molecule has 1 amide bonds. The van der Waals surface area contributed by atoms with E-state index in [-0.39, 0.29) is 5.91 Å². The molecular weight excluding hydrogens is 278 g/mol. The highest BCUT2D eigenvalue weighted by Crippen LogP contribution is 2.36. The highest BCUT2D eigenvalue weighted by atomic mass is 16.5. The van der Waals surface area contributed by atoms with Crippen LogP contribution >= 0.6 is 0 Å². The van der Waals surface area contributed by atoms with Crippen LogP contribution < -0.4 is 4.74 Å². The second-order valence-corrected chi connectivity index (χ2v) is 6.46. The molecule has 4 heteroatoms. The lowest BCUT2D eigenvalue weighted by molar-refractivity contribution is -0.142. The molecule has 0 aromatic heterocycles. The van der Waals surface area contributed by atoms with Gasteiger partial charge in [0.25, 0.3) is 5.91 Å². The predicted octanol–water partition coefficient (Wildman–Crippen LogP) is 2.91. The lowest BCUT2D eigenvalue weighted by atomic mass is 9.95. The largest absolute Gasteiger partial charge is 0.497 e. The first-order chi connectivity index (χ1) is 10.7. The molecule has 1 aliphatic heterocycles. The summed E-state index contributed by atoms with van der Waals surface area (Å²) in [6.07, 6.45) is 6.06. The number of carbonyl (C=O) groups excluding carboxylic acids is 1. The second-order valence-electron chi connectivity index (χ2n) is 6.46. The third-order valence-corrected chi connectivity index (χ3v) is 5.17. The van der Waals surface area contributed by atoms with Crippen molar-refractivity contribution in [2.75, 3.05) is 13.7 Å². The number of hydrogen-bond acceptors (Lipinski definition) is 3. The number of aliphatic hydroxyl groups excluding tert-OH is 1. The van der Waals surface area contributed by atoms with Crippen LogP contribution in [0.3, 0.4) is 0 Å². The van der Waals surface area contributed by atoms with E-state index in [1.165, 1.54) is 25.7 Å². The summed E-state index contributed by atoms with van der Waals surface area (Å²) >= 11 is 0. The highest BCUT2D eigenvalue weighted by molar-refractivity contribution is 5.82. The summed E-state index contributed by atoms with van der Waals surface area (Å²) in [6, 6.07) is 7.48. The van der Waals surface area contributed by atoms with Gasteiger partial charge < -0.3 is 14.7 Å². The molecule has 0 radical (unpaired) electrons. The number of carbonyl (C=O) groups is 1. The minimum absolute atomic E-state index is 0.150. The molecule has 3 rings (SSSR count). The van der Waals surface area contributed by atoms with E-state index in [1.807, 2.05) is 17.0 Å². The molecule has 0 bridgehead atoms. The molecule has 2 unspecified atom stereocenters. The summed E-state index contributed by atoms with van der Waals surface area (Å²) in [7, 11) is 1.59. The van der Waals surface area contributed by atoms with Crippen LogP contribution in [0.4, 0.5) is 0 Å². The first kappa shape index (κ1) is 15.3. The van der Waals surface area contributed by atoms with Crippen LogP contribution in [0.25, 0.3) is 0 Å². The molecule has 120 valence electrons. The maximum atomic E-state index is 12.7. The molecule has 22 heavy (non-hydrogen) atoms. The first-order valence-corrected chi connectivity index (χ1v) is 8.33. The molecule has 1 saturated heterocycles. The topological polar surface area (TPSA) is 49.8 Å². The van der Waals surface area contributed by atoms with Crippen LogP contribution in [-0.2, 0) is 4.79 Å². The molecule has 1 heterocycles. The number of methoxy groups -OCH3 is 1. The van der Waals surface area contributed by atoms with Gasteiger partial charge in [-0.3, -0.25) is 4.79 Å². The van der Waals surface area contributed by atoms with Gasteiger partial charge in [0.05, 0.1) is 7.11 Å². The van der Waals surface area contributed by atoms with Crippen LogP contribution in [0.2, 0.25) is 0 Å².